The Labute approximate surface area is 182 Å². The lowest BCUT2D eigenvalue weighted by Gasteiger charge is -2.18. The molecule has 10 heteroatoms. The minimum atomic E-state index is -0.176. The van der Waals surface area contributed by atoms with E-state index >= 15 is 0 Å². The molecule has 2 atom stereocenters. The minimum Gasteiger partial charge on any atom is -0.355 e. The molecule has 1 saturated heterocycles. The highest BCUT2D eigenvalue weighted by atomic mass is 35.5. The Balaban J connectivity index is 1.40. The van der Waals surface area contributed by atoms with Gasteiger partial charge in [0, 0.05) is 44.3 Å². The Morgan fingerprint density at radius 2 is 2.00 bits per heavy atom. The molecule has 0 radical (unpaired) electrons. The number of hydrogen-bond donors (Lipinski definition) is 2. The molecular formula is C20H21ClN6O2S. The maximum absolute atomic E-state index is 12.4. The van der Waals surface area contributed by atoms with Crippen LogP contribution in [-0.4, -0.2) is 59.4 Å². The van der Waals surface area contributed by atoms with E-state index in [-0.39, 0.29) is 17.9 Å². The highest BCUT2D eigenvalue weighted by Crippen LogP contribution is 2.30. The van der Waals surface area contributed by atoms with E-state index in [1.165, 1.54) is 18.3 Å². The zero-order chi connectivity index (χ0) is 21.3. The van der Waals surface area contributed by atoms with Gasteiger partial charge in [0.05, 0.1) is 0 Å². The topological polar surface area (TPSA) is 90.2 Å². The molecule has 1 aromatic carbocycles. The van der Waals surface area contributed by atoms with Crippen LogP contribution in [0, 0.1) is 0 Å². The maximum atomic E-state index is 12.4. The van der Waals surface area contributed by atoms with E-state index in [0.29, 0.717) is 29.8 Å². The van der Waals surface area contributed by atoms with Crippen molar-refractivity contribution < 1.29 is 9.59 Å². The number of nitrogens with zero attached hydrogens (tertiary/aromatic N) is 4. The van der Waals surface area contributed by atoms with Crippen molar-refractivity contribution in [1.82, 2.24) is 20.2 Å². The van der Waals surface area contributed by atoms with Crippen molar-refractivity contribution in [3.05, 3.63) is 41.4 Å². The van der Waals surface area contributed by atoms with Gasteiger partial charge in [0.15, 0.2) is 5.13 Å². The van der Waals surface area contributed by atoms with Gasteiger partial charge in [-0.1, -0.05) is 22.9 Å². The number of aromatic nitrogens is 2. The first-order valence-electron chi connectivity index (χ1n) is 9.47. The van der Waals surface area contributed by atoms with Crippen LogP contribution in [-0.2, 0) is 9.59 Å². The fraction of sp³-hybridized carbons (Fsp3) is 0.300. The Hall–Kier alpha value is -2.75. The van der Waals surface area contributed by atoms with E-state index in [9.17, 15) is 9.59 Å². The first kappa shape index (κ1) is 20.5. The van der Waals surface area contributed by atoms with E-state index in [2.05, 4.69) is 20.6 Å². The molecule has 0 aliphatic carbocycles. The molecule has 2 unspecified atom stereocenters. The summed E-state index contributed by atoms with van der Waals surface area (Å²) < 4.78 is 0. The normalized spacial score (nSPS) is 17.6. The molecule has 2 aromatic heterocycles. The third-order valence-electron chi connectivity index (χ3n) is 4.82. The maximum Gasteiger partial charge on any atom is 0.244 e. The first-order chi connectivity index (χ1) is 14.4. The number of carbonyl (C=O) groups is 2. The smallest absolute Gasteiger partial charge is 0.244 e. The van der Waals surface area contributed by atoms with Crippen LogP contribution in [0.15, 0.2) is 36.4 Å². The van der Waals surface area contributed by atoms with Crippen molar-refractivity contribution in [3.8, 4) is 0 Å². The lowest BCUT2D eigenvalue weighted by Crippen LogP contribution is -2.28. The molecule has 0 bridgehead atoms. The van der Waals surface area contributed by atoms with Gasteiger partial charge in [0.2, 0.25) is 11.8 Å². The Bertz CT molecular complexity index is 1090. The second-order valence-electron chi connectivity index (χ2n) is 7.03. The summed E-state index contributed by atoms with van der Waals surface area (Å²) in [5.74, 6) is 0.619. The number of benzene rings is 1. The van der Waals surface area contributed by atoms with Crippen molar-refractivity contribution in [2.24, 2.45) is 0 Å². The van der Waals surface area contributed by atoms with Gasteiger partial charge >= 0.3 is 0 Å². The fourth-order valence-electron chi connectivity index (χ4n) is 3.08. The quantitative estimate of drug-likeness (QED) is 0.544. The summed E-state index contributed by atoms with van der Waals surface area (Å²) in [6.07, 6.45) is 0. The van der Waals surface area contributed by atoms with Crippen LogP contribution in [0.4, 0.5) is 16.6 Å². The molecule has 2 amide bonds. The zero-order valence-electron chi connectivity index (χ0n) is 16.6. The van der Waals surface area contributed by atoms with Crippen LogP contribution in [0.5, 0.6) is 0 Å². The van der Waals surface area contributed by atoms with Crippen molar-refractivity contribution in [1.29, 1.82) is 0 Å². The molecule has 3 heterocycles. The van der Waals surface area contributed by atoms with Gasteiger partial charge in [-0.05, 0) is 36.4 Å². The van der Waals surface area contributed by atoms with E-state index in [1.807, 2.05) is 53.2 Å². The summed E-state index contributed by atoms with van der Waals surface area (Å²) in [7, 11) is 1.93. The average Bonchev–Trinajstić information content (AvgIpc) is 3.38. The third-order valence-corrected chi connectivity index (χ3v) is 5.95. The number of fused-ring (bicyclic) bond motifs is 1. The van der Waals surface area contributed by atoms with E-state index < -0.39 is 0 Å². The van der Waals surface area contributed by atoms with Crippen LogP contribution >= 0.6 is 22.9 Å². The monoisotopic (exact) mass is 444 g/mol. The summed E-state index contributed by atoms with van der Waals surface area (Å²) in [5.41, 5.74) is 1.71. The first-order valence-corrected chi connectivity index (χ1v) is 10.7. The number of pyridine rings is 1. The molecule has 1 fully saturated rings. The molecule has 4 rings (SSSR count). The van der Waals surface area contributed by atoms with Crippen LogP contribution in [0.25, 0.3) is 10.3 Å². The lowest BCUT2D eigenvalue weighted by molar-refractivity contribution is -0.119. The molecule has 8 nitrogen and oxygen atoms in total. The molecule has 1 aliphatic rings. The summed E-state index contributed by atoms with van der Waals surface area (Å²) >= 11 is 7.31. The highest BCUT2D eigenvalue weighted by molar-refractivity contribution is 7.22. The van der Waals surface area contributed by atoms with Crippen molar-refractivity contribution in [2.45, 2.75) is 13.0 Å². The Kier molecular flexibility index (Phi) is 5.85. The standard InChI is InChI=1S/C20H21ClN6O2S/c1-12(28)22-9-10-27-11-16(27)18(29)25-20-23-15-7-8-17(24-19(15)30-20)26(2)14-5-3-13(21)4-6-14/h3-8,16H,9-11H2,1-2H3,(H,22,28)(H,23,25,29). The van der Waals surface area contributed by atoms with Crippen LogP contribution in [0.2, 0.25) is 5.02 Å². The fourth-order valence-corrected chi connectivity index (χ4v) is 4.04. The number of rotatable bonds is 7. The zero-order valence-corrected chi connectivity index (χ0v) is 18.1. The number of anilines is 3. The number of hydrogen-bond acceptors (Lipinski definition) is 7. The van der Waals surface area contributed by atoms with Crippen molar-refractivity contribution in [3.63, 3.8) is 0 Å². The van der Waals surface area contributed by atoms with Gasteiger partial charge in [-0.3, -0.25) is 14.5 Å². The predicted molar refractivity (Wildman–Crippen MR) is 120 cm³/mol. The minimum absolute atomic E-state index is 0.0686. The largest absolute Gasteiger partial charge is 0.355 e. The Morgan fingerprint density at radius 3 is 2.73 bits per heavy atom. The van der Waals surface area contributed by atoms with Crippen molar-refractivity contribution >= 4 is 61.7 Å². The Morgan fingerprint density at radius 1 is 1.23 bits per heavy atom. The van der Waals surface area contributed by atoms with Gasteiger partial charge in [-0.2, -0.15) is 0 Å². The van der Waals surface area contributed by atoms with Gasteiger partial charge in [-0.25, -0.2) is 9.97 Å². The predicted octanol–water partition coefficient (Wildman–Crippen LogP) is 2.87. The molecule has 0 saturated carbocycles. The van der Waals surface area contributed by atoms with Crippen molar-refractivity contribution in [2.75, 3.05) is 36.9 Å². The van der Waals surface area contributed by atoms with Crippen LogP contribution in [0.3, 0.4) is 0 Å². The number of amides is 2. The summed E-state index contributed by atoms with van der Waals surface area (Å²) in [6.45, 7) is 3.35. The van der Waals surface area contributed by atoms with Gasteiger partial charge in [0.25, 0.3) is 0 Å². The molecule has 30 heavy (non-hydrogen) atoms. The molecule has 3 aromatic rings. The molecular weight excluding hydrogens is 424 g/mol. The van der Waals surface area contributed by atoms with Gasteiger partial charge in [0.1, 0.15) is 22.2 Å². The van der Waals surface area contributed by atoms with Gasteiger partial charge < -0.3 is 15.5 Å². The number of nitrogens with one attached hydrogen (secondary N) is 2. The lowest BCUT2D eigenvalue weighted by atomic mass is 10.3. The van der Waals surface area contributed by atoms with Crippen LogP contribution in [0.1, 0.15) is 6.92 Å². The van der Waals surface area contributed by atoms with E-state index in [4.69, 9.17) is 11.6 Å². The third kappa shape index (κ3) is 4.69. The highest BCUT2D eigenvalue weighted by Gasteiger charge is 2.40. The van der Waals surface area contributed by atoms with Gasteiger partial charge in [-0.15, -0.1) is 0 Å². The number of thiazole rings is 1. The molecule has 1 aliphatic heterocycles. The molecule has 156 valence electrons. The summed E-state index contributed by atoms with van der Waals surface area (Å²) in [4.78, 5) is 37.2. The van der Waals surface area contributed by atoms with E-state index in [0.717, 1.165) is 21.9 Å². The van der Waals surface area contributed by atoms with E-state index in [1.54, 1.807) is 0 Å². The molecule has 0 spiro atoms. The SMILES string of the molecule is CC(=O)NCCN1CC1C(=O)Nc1nc2ccc(N(C)c3ccc(Cl)cc3)nc2s1. The second kappa shape index (κ2) is 8.55. The van der Waals surface area contributed by atoms with Crippen LogP contribution < -0.4 is 15.5 Å². The average molecular weight is 445 g/mol. The second-order valence-corrected chi connectivity index (χ2v) is 8.45. The summed E-state index contributed by atoms with van der Waals surface area (Å²) in [6, 6.07) is 11.2. The number of carbonyl (C=O) groups excluding carboxylic acids is 2. The summed E-state index contributed by atoms with van der Waals surface area (Å²) in [5, 5.41) is 6.82. The number of halogens is 1. The molecule has 2 N–H and O–H groups in total.